The summed E-state index contributed by atoms with van der Waals surface area (Å²) >= 11 is 0. The molecule has 258 valence electrons. The second-order valence-corrected chi connectivity index (χ2v) is 15.2. The van der Waals surface area contributed by atoms with E-state index in [-0.39, 0.29) is 5.41 Å². The lowest BCUT2D eigenvalue weighted by Gasteiger charge is -2.40. The normalized spacial score (nSPS) is 25.6. The number of aliphatic hydroxyl groups excluding tert-OH is 2. The third-order valence-corrected chi connectivity index (χ3v) is 9.30. The zero-order valence-electron chi connectivity index (χ0n) is 29.9. The minimum absolute atomic E-state index is 0.284. The summed E-state index contributed by atoms with van der Waals surface area (Å²) in [7, 11) is -4.47. The third-order valence-electron chi connectivity index (χ3n) is 8.78. The molecule has 47 heavy (non-hydrogen) atoms. The van der Waals surface area contributed by atoms with E-state index in [0.717, 1.165) is 44.6 Å². The molecule has 0 aromatic rings. The van der Waals surface area contributed by atoms with Gasteiger partial charge >= 0.3 is 10.4 Å². The molecule has 2 aliphatic carbocycles. The van der Waals surface area contributed by atoms with Crippen molar-refractivity contribution >= 4 is 10.4 Å². The molecular weight excluding hydrogens is 609 g/mol. The van der Waals surface area contributed by atoms with Gasteiger partial charge in [0.15, 0.2) is 0 Å². The van der Waals surface area contributed by atoms with Crippen LogP contribution < -0.4 is 0 Å². The first-order chi connectivity index (χ1) is 21.7. The molecule has 3 N–H and O–H groups in total. The maximum atomic E-state index is 11.2. The van der Waals surface area contributed by atoms with Gasteiger partial charge in [-0.25, -0.2) is 4.18 Å². The molecule has 0 radical (unpaired) electrons. The van der Waals surface area contributed by atoms with E-state index in [1.54, 1.807) is 0 Å². The lowest BCUT2D eigenvalue weighted by molar-refractivity contribution is -0.0439. The first-order valence-corrected chi connectivity index (χ1v) is 17.6. The van der Waals surface area contributed by atoms with Crippen molar-refractivity contribution in [1.29, 1.82) is 0 Å². The van der Waals surface area contributed by atoms with Crippen LogP contribution in [0.15, 0.2) is 130 Å². The maximum absolute atomic E-state index is 11.2. The third kappa shape index (κ3) is 13.2. The summed E-state index contributed by atoms with van der Waals surface area (Å²) in [5.41, 5.74) is 8.04. The first kappa shape index (κ1) is 40.1. The second kappa shape index (κ2) is 17.4. The van der Waals surface area contributed by atoms with Crippen molar-refractivity contribution in [3.8, 4) is 0 Å². The van der Waals surface area contributed by atoms with Crippen LogP contribution in [0.3, 0.4) is 0 Å². The van der Waals surface area contributed by atoms with Gasteiger partial charge < -0.3 is 10.2 Å². The smallest absolute Gasteiger partial charge is 0.390 e. The van der Waals surface area contributed by atoms with E-state index < -0.39 is 34.1 Å². The number of hydrogen-bond acceptors (Lipinski definition) is 5. The van der Waals surface area contributed by atoms with Crippen molar-refractivity contribution in [2.45, 2.75) is 107 Å². The van der Waals surface area contributed by atoms with E-state index in [4.69, 9.17) is 8.74 Å². The van der Waals surface area contributed by atoms with Gasteiger partial charge in [0.1, 0.15) is 0 Å². The molecule has 0 aliphatic heterocycles. The van der Waals surface area contributed by atoms with Crippen LogP contribution in [0.5, 0.6) is 0 Å². The molecule has 0 saturated carbocycles. The second-order valence-electron chi connectivity index (χ2n) is 14.2. The summed E-state index contributed by atoms with van der Waals surface area (Å²) in [6.45, 7) is 20.2. The van der Waals surface area contributed by atoms with Crippen molar-refractivity contribution < 1.29 is 27.4 Å². The van der Waals surface area contributed by atoms with Gasteiger partial charge in [0, 0.05) is 5.41 Å². The quantitative estimate of drug-likeness (QED) is 0.142. The fourth-order valence-electron chi connectivity index (χ4n) is 6.24. The van der Waals surface area contributed by atoms with Gasteiger partial charge in [0.05, 0.1) is 18.3 Å². The van der Waals surface area contributed by atoms with E-state index in [1.807, 2.05) is 65.8 Å². The highest BCUT2D eigenvalue weighted by Gasteiger charge is 2.40. The average Bonchev–Trinajstić information content (AvgIpc) is 2.92. The monoisotopic (exact) mass is 664 g/mol. The maximum Gasteiger partial charge on any atom is 0.397 e. The minimum Gasteiger partial charge on any atom is -0.390 e. The fourth-order valence-corrected chi connectivity index (χ4v) is 6.72. The Hall–Kier alpha value is -3.07. The largest absolute Gasteiger partial charge is 0.397 e. The molecular formula is C40H56O6S. The van der Waals surface area contributed by atoms with Crippen LogP contribution in [0.4, 0.5) is 0 Å². The molecule has 7 heteroatoms. The van der Waals surface area contributed by atoms with E-state index in [9.17, 15) is 18.6 Å². The Balaban J connectivity index is 1.94. The number of rotatable bonds is 12. The Kier molecular flexibility index (Phi) is 14.8. The van der Waals surface area contributed by atoms with E-state index >= 15 is 0 Å². The van der Waals surface area contributed by atoms with E-state index in [2.05, 4.69) is 88.5 Å². The van der Waals surface area contributed by atoms with Crippen molar-refractivity contribution in [2.75, 3.05) is 0 Å². The van der Waals surface area contributed by atoms with Crippen molar-refractivity contribution in [2.24, 2.45) is 10.8 Å². The van der Waals surface area contributed by atoms with Crippen molar-refractivity contribution in [1.82, 2.24) is 0 Å². The van der Waals surface area contributed by atoms with Gasteiger partial charge in [-0.15, -0.1) is 0 Å². The molecule has 0 fully saturated rings. The average molecular weight is 665 g/mol. The topological polar surface area (TPSA) is 104 Å². The Bertz CT molecular complexity index is 1580. The van der Waals surface area contributed by atoms with Crippen molar-refractivity contribution in [3.63, 3.8) is 0 Å². The number of aliphatic hydroxyl groups is 2. The van der Waals surface area contributed by atoms with Crippen LogP contribution in [-0.4, -0.2) is 41.5 Å². The summed E-state index contributed by atoms with van der Waals surface area (Å²) in [6, 6.07) is 0. The SMILES string of the molecule is CC(C=CC=C(C)C=CC1=C(C)CC(OS(=O)(=O)O)CC1(C)C)=CC=CC=C(C)C=CC=C(C)C=CC1=C(C)CC(O)C(O)C1(C)C. The summed E-state index contributed by atoms with van der Waals surface area (Å²) in [6.07, 6.45) is 28.1. The van der Waals surface area contributed by atoms with Crippen LogP contribution in [0, 0.1) is 10.8 Å². The van der Waals surface area contributed by atoms with E-state index in [0.29, 0.717) is 19.3 Å². The minimum atomic E-state index is -4.47. The van der Waals surface area contributed by atoms with E-state index in [1.165, 1.54) is 0 Å². The van der Waals surface area contributed by atoms with Crippen LogP contribution in [-0.2, 0) is 14.6 Å². The molecule has 0 bridgehead atoms. The van der Waals surface area contributed by atoms with Gasteiger partial charge in [-0.05, 0) is 77.4 Å². The Morgan fingerprint density at radius 3 is 1.60 bits per heavy atom. The van der Waals surface area contributed by atoms with Gasteiger partial charge in [-0.2, -0.15) is 8.42 Å². The van der Waals surface area contributed by atoms with Crippen LogP contribution >= 0.6 is 0 Å². The molecule has 0 spiro atoms. The summed E-state index contributed by atoms with van der Waals surface area (Å²) in [5, 5.41) is 20.6. The van der Waals surface area contributed by atoms with Gasteiger partial charge in [0.25, 0.3) is 0 Å². The molecule has 0 saturated heterocycles. The molecule has 0 aromatic heterocycles. The zero-order valence-corrected chi connectivity index (χ0v) is 30.7. The summed E-state index contributed by atoms with van der Waals surface area (Å²) < 4.78 is 36.3. The predicted octanol–water partition coefficient (Wildman–Crippen LogP) is 9.35. The molecule has 0 aromatic carbocycles. The zero-order chi connectivity index (χ0) is 35.6. The summed E-state index contributed by atoms with van der Waals surface area (Å²) in [4.78, 5) is 0. The molecule has 3 unspecified atom stereocenters. The predicted molar refractivity (Wildman–Crippen MR) is 196 cm³/mol. The molecule has 2 rings (SSSR count). The first-order valence-electron chi connectivity index (χ1n) is 16.2. The molecule has 0 amide bonds. The Labute approximate surface area is 284 Å². The van der Waals surface area contributed by atoms with Gasteiger partial charge in [-0.1, -0.05) is 146 Å². The summed E-state index contributed by atoms with van der Waals surface area (Å²) in [5.74, 6) is 0. The van der Waals surface area contributed by atoms with Crippen LogP contribution in [0.25, 0.3) is 0 Å². The molecule has 2 aliphatic rings. The number of allylic oxidation sites excluding steroid dienone is 19. The molecule has 3 atom stereocenters. The standard InChI is InChI=1S/C40H56O6S/c1-28(17-13-19-30(3)21-23-35-32(5)25-34(27-39(35,7)8)46-47(43,44)45)15-11-12-16-29(2)18-14-20-31(4)22-24-36-33(6)26-37(41)38(42)40(36,9)10/h11-24,34,37-38,41-42H,25-27H2,1-10H3,(H,43,44,45). The lowest BCUT2D eigenvalue weighted by atomic mass is 9.69. The Morgan fingerprint density at radius 1 is 0.702 bits per heavy atom. The number of hydrogen-bond donors (Lipinski definition) is 3. The highest BCUT2D eigenvalue weighted by atomic mass is 32.3. The Morgan fingerprint density at radius 2 is 1.13 bits per heavy atom. The highest BCUT2D eigenvalue weighted by Crippen LogP contribution is 2.43. The lowest BCUT2D eigenvalue weighted by Crippen LogP contribution is -2.44. The molecule has 6 nitrogen and oxygen atoms in total. The fraction of sp³-hybridized carbons (Fsp3) is 0.450. The highest BCUT2D eigenvalue weighted by molar-refractivity contribution is 7.80. The van der Waals surface area contributed by atoms with Gasteiger partial charge in [-0.3, -0.25) is 4.55 Å². The van der Waals surface area contributed by atoms with Gasteiger partial charge in [0.2, 0.25) is 0 Å². The molecule has 0 heterocycles. The van der Waals surface area contributed by atoms with Crippen LogP contribution in [0.1, 0.15) is 88.5 Å². The van der Waals surface area contributed by atoms with Crippen LogP contribution in [0.2, 0.25) is 0 Å². The van der Waals surface area contributed by atoms with Crippen molar-refractivity contribution in [3.05, 3.63) is 130 Å².